The smallest absolute Gasteiger partial charge is 0.222 e. The Morgan fingerprint density at radius 3 is 2.69 bits per heavy atom. The van der Waals surface area contributed by atoms with Gasteiger partial charge in [0.15, 0.2) is 0 Å². The van der Waals surface area contributed by atoms with Crippen LogP contribution in [0, 0.1) is 0 Å². The van der Waals surface area contributed by atoms with E-state index in [1.54, 1.807) is 30.1 Å². The number of hydrogen-bond donors (Lipinski definition) is 1. The van der Waals surface area contributed by atoms with Gasteiger partial charge in [0, 0.05) is 43.8 Å². The molecule has 3 aromatic heterocycles. The van der Waals surface area contributed by atoms with Gasteiger partial charge >= 0.3 is 0 Å². The lowest BCUT2D eigenvalue weighted by molar-refractivity contribution is -0.121. The van der Waals surface area contributed by atoms with Crippen LogP contribution in [0.2, 0.25) is 0 Å². The van der Waals surface area contributed by atoms with E-state index in [1.807, 2.05) is 42.3 Å². The topological polar surface area (TPSA) is 71.0 Å². The number of nitrogens with zero attached hydrogens (tertiary/aromatic N) is 4. The zero-order chi connectivity index (χ0) is 20.1. The van der Waals surface area contributed by atoms with E-state index in [-0.39, 0.29) is 5.91 Å². The van der Waals surface area contributed by atoms with Crippen molar-refractivity contribution in [2.24, 2.45) is 0 Å². The molecule has 4 rings (SSSR count). The van der Waals surface area contributed by atoms with Gasteiger partial charge in [0.05, 0.1) is 5.39 Å². The number of benzene rings is 1. The van der Waals surface area contributed by atoms with Gasteiger partial charge in [0.2, 0.25) is 5.91 Å². The first kappa shape index (κ1) is 19.0. The van der Waals surface area contributed by atoms with Gasteiger partial charge in [-0.25, -0.2) is 9.97 Å². The molecular weight excluding hydrogens is 382 g/mol. The number of thiophene rings is 1. The van der Waals surface area contributed by atoms with Crippen LogP contribution in [0.4, 0.5) is 5.82 Å². The summed E-state index contributed by atoms with van der Waals surface area (Å²) in [5, 5.41) is 3.95. The average Bonchev–Trinajstić information content (AvgIpc) is 3.22. The Balaban J connectivity index is 1.42. The highest BCUT2D eigenvalue weighted by Gasteiger charge is 2.14. The number of nitrogens with one attached hydrogen (secondary N) is 1. The van der Waals surface area contributed by atoms with Crippen molar-refractivity contribution >= 4 is 33.3 Å². The lowest BCUT2D eigenvalue weighted by Gasteiger charge is -2.18. The predicted octanol–water partition coefficient (Wildman–Crippen LogP) is 3.90. The molecule has 4 aromatic rings. The van der Waals surface area contributed by atoms with E-state index in [0.29, 0.717) is 19.5 Å². The zero-order valence-electron chi connectivity index (χ0n) is 16.1. The van der Waals surface area contributed by atoms with E-state index in [0.717, 1.165) is 26.5 Å². The maximum Gasteiger partial charge on any atom is 0.222 e. The molecule has 1 aromatic carbocycles. The van der Waals surface area contributed by atoms with Crippen LogP contribution < -0.4 is 10.2 Å². The van der Waals surface area contributed by atoms with Gasteiger partial charge in [-0.3, -0.25) is 9.78 Å². The molecule has 7 heteroatoms. The fraction of sp³-hybridized carbons (Fsp3) is 0.182. The van der Waals surface area contributed by atoms with Crippen LogP contribution in [0.15, 0.2) is 67.3 Å². The van der Waals surface area contributed by atoms with Crippen molar-refractivity contribution in [3.63, 3.8) is 0 Å². The van der Waals surface area contributed by atoms with Crippen LogP contribution in [-0.4, -0.2) is 34.5 Å². The number of hydrogen-bond acceptors (Lipinski definition) is 6. The molecule has 3 heterocycles. The summed E-state index contributed by atoms with van der Waals surface area (Å²) in [7, 11) is 1.96. The lowest BCUT2D eigenvalue weighted by atomic mass is 10.2. The molecule has 1 amide bonds. The van der Waals surface area contributed by atoms with Crippen LogP contribution in [-0.2, 0) is 11.3 Å². The van der Waals surface area contributed by atoms with Gasteiger partial charge in [0.25, 0.3) is 0 Å². The standard InChI is InChI=1S/C22H21N5OS/c1-27(12-9-20(28)24-14-16-7-10-23-11-8-16)21-18-13-19(17-5-3-2-4-6-17)29-22(18)26-15-25-21/h2-8,10-11,13,15H,9,12,14H2,1H3,(H,24,28). The molecule has 0 aliphatic carbocycles. The maximum atomic E-state index is 12.2. The summed E-state index contributed by atoms with van der Waals surface area (Å²) in [5.41, 5.74) is 2.20. The second-order valence-electron chi connectivity index (χ2n) is 6.70. The summed E-state index contributed by atoms with van der Waals surface area (Å²) in [5.74, 6) is 0.852. The number of fused-ring (bicyclic) bond motifs is 1. The first-order chi connectivity index (χ1) is 14.2. The van der Waals surface area contributed by atoms with Crippen molar-refractivity contribution < 1.29 is 4.79 Å². The van der Waals surface area contributed by atoms with Crippen LogP contribution in [0.3, 0.4) is 0 Å². The number of carbonyl (C=O) groups is 1. The number of aromatic nitrogens is 3. The SMILES string of the molecule is CN(CCC(=O)NCc1ccncc1)c1ncnc2sc(-c3ccccc3)cc12. The Hall–Kier alpha value is -3.32. The molecule has 6 nitrogen and oxygen atoms in total. The van der Waals surface area contributed by atoms with E-state index in [1.165, 1.54) is 5.56 Å². The number of carbonyl (C=O) groups excluding carboxylic acids is 1. The molecule has 29 heavy (non-hydrogen) atoms. The molecule has 0 bridgehead atoms. The monoisotopic (exact) mass is 403 g/mol. The first-order valence-corrected chi connectivity index (χ1v) is 10.2. The van der Waals surface area contributed by atoms with E-state index in [9.17, 15) is 4.79 Å². The molecule has 0 fully saturated rings. The van der Waals surface area contributed by atoms with Crippen molar-refractivity contribution in [2.45, 2.75) is 13.0 Å². The van der Waals surface area contributed by atoms with Crippen molar-refractivity contribution in [3.8, 4) is 10.4 Å². The first-order valence-electron chi connectivity index (χ1n) is 9.37. The minimum Gasteiger partial charge on any atom is -0.359 e. The Kier molecular flexibility index (Phi) is 5.76. The van der Waals surface area contributed by atoms with E-state index in [4.69, 9.17) is 0 Å². The second-order valence-corrected chi connectivity index (χ2v) is 7.73. The van der Waals surface area contributed by atoms with Gasteiger partial charge < -0.3 is 10.2 Å². The maximum absolute atomic E-state index is 12.2. The molecule has 0 aliphatic rings. The number of pyridine rings is 1. The summed E-state index contributed by atoms with van der Waals surface area (Å²) in [6.07, 6.45) is 5.42. The van der Waals surface area contributed by atoms with Gasteiger partial charge in [-0.05, 0) is 29.3 Å². The molecule has 1 N–H and O–H groups in total. The quantitative estimate of drug-likeness (QED) is 0.507. The summed E-state index contributed by atoms with van der Waals surface area (Å²) >= 11 is 1.65. The minimum absolute atomic E-state index is 0.00857. The number of rotatable bonds is 7. The molecule has 0 atom stereocenters. The third-order valence-electron chi connectivity index (χ3n) is 4.64. The molecule has 0 saturated heterocycles. The van der Waals surface area contributed by atoms with Gasteiger partial charge in [-0.1, -0.05) is 30.3 Å². The fourth-order valence-electron chi connectivity index (χ4n) is 3.06. The van der Waals surface area contributed by atoms with Crippen LogP contribution in [0.25, 0.3) is 20.7 Å². The largest absolute Gasteiger partial charge is 0.359 e. The molecule has 0 radical (unpaired) electrons. The highest BCUT2D eigenvalue weighted by Crippen LogP contribution is 2.35. The predicted molar refractivity (Wildman–Crippen MR) is 117 cm³/mol. The van der Waals surface area contributed by atoms with E-state index >= 15 is 0 Å². The third kappa shape index (κ3) is 4.57. The normalized spacial score (nSPS) is 10.8. The fourth-order valence-corrected chi connectivity index (χ4v) is 4.06. The highest BCUT2D eigenvalue weighted by molar-refractivity contribution is 7.21. The molecule has 0 saturated carbocycles. The van der Waals surface area contributed by atoms with Crippen molar-refractivity contribution in [1.29, 1.82) is 0 Å². The minimum atomic E-state index is 0.00857. The summed E-state index contributed by atoms with van der Waals surface area (Å²) in [4.78, 5) is 29.2. The van der Waals surface area contributed by atoms with Crippen LogP contribution in [0.1, 0.15) is 12.0 Å². The van der Waals surface area contributed by atoms with Gasteiger partial charge in [0.1, 0.15) is 17.0 Å². The molecule has 0 spiro atoms. The third-order valence-corrected chi connectivity index (χ3v) is 5.73. The second kappa shape index (κ2) is 8.79. The van der Waals surface area contributed by atoms with Crippen molar-refractivity contribution in [3.05, 3.63) is 72.8 Å². The van der Waals surface area contributed by atoms with E-state index < -0.39 is 0 Å². The number of amides is 1. The van der Waals surface area contributed by atoms with Crippen LogP contribution in [0.5, 0.6) is 0 Å². The zero-order valence-corrected chi connectivity index (χ0v) is 16.9. The summed E-state index contributed by atoms with van der Waals surface area (Å²) < 4.78 is 0. The lowest BCUT2D eigenvalue weighted by Crippen LogP contribution is -2.28. The molecule has 0 unspecified atom stereocenters. The average molecular weight is 404 g/mol. The summed E-state index contributed by atoms with van der Waals surface area (Å²) in [6, 6.07) is 16.2. The van der Waals surface area contributed by atoms with E-state index in [2.05, 4.69) is 38.5 Å². The van der Waals surface area contributed by atoms with Crippen LogP contribution >= 0.6 is 11.3 Å². The molecular formula is C22H21N5OS. The Morgan fingerprint density at radius 1 is 1.10 bits per heavy atom. The Labute approximate surface area is 173 Å². The molecule has 0 aliphatic heterocycles. The molecule has 146 valence electrons. The Morgan fingerprint density at radius 2 is 1.90 bits per heavy atom. The Bertz CT molecular complexity index is 1100. The van der Waals surface area contributed by atoms with Crippen molar-refractivity contribution in [2.75, 3.05) is 18.5 Å². The van der Waals surface area contributed by atoms with Gasteiger partial charge in [-0.15, -0.1) is 11.3 Å². The van der Waals surface area contributed by atoms with Crippen molar-refractivity contribution in [1.82, 2.24) is 20.3 Å². The highest BCUT2D eigenvalue weighted by atomic mass is 32.1. The number of anilines is 1. The summed E-state index contributed by atoms with van der Waals surface area (Å²) in [6.45, 7) is 1.08. The van der Waals surface area contributed by atoms with Gasteiger partial charge in [-0.2, -0.15) is 0 Å².